The van der Waals surface area contributed by atoms with Gasteiger partial charge in [-0.1, -0.05) is 37.5 Å². The van der Waals surface area contributed by atoms with Crippen LogP contribution in [0.4, 0.5) is 0 Å². The van der Waals surface area contributed by atoms with Gasteiger partial charge in [-0.05, 0) is 32.0 Å². The fourth-order valence-corrected chi connectivity index (χ4v) is 3.38. The third-order valence-electron chi connectivity index (χ3n) is 4.75. The minimum atomic E-state index is -0.0129. The Morgan fingerprint density at radius 1 is 1.24 bits per heavy atom. The molecular weight excluding hydrogens is 260 g/mol. The molecular formula is C18H22N2O. The van der Waals surface area contributed by atoms with Crippen LogP contribution < -0.4 is 5.32 Å². The van der Waals surface area contributed by atoms with Gasteiger partial charge in [0.05, 0.1) is 5.52 Å². The lowest BCUT2D eigenvalue weighted by molar-refractivity contribution is 0.0914. The number of aromatic nitrogens is 1. The standard InChI is InChI=1S/C18H22N2O/c1-19-18(9-5-2-6-10-18)12-17(21)15-11-14-7-3-4-8-16(14)20-13-15/h3-4,7-8,11,13,19H,2,5-6,9-10,12H2,1H3. The first kappa shape index (κ1) is 14.2. The third kappa shape index (κ3) is 2.98. The normalized spacial score (nSPS) is 17.8. The number of ketones is 1. The van der Waals surface area contributed by atoms with E-state index in [0.717, 1.165) is 29.3 Å². The fourth-order valence-electron chi connectivity index (χ4n) is 3.38. The van der Waals surface area contributed by atoms with Crippen LogP contribution in [0.3, 0.4) is 0 Å². The van der Waals surface area contributed by atoms with E-state index in [1.165, 1.54) is 19.3 Å². The number of pyridine rings is 1. The van der Waals surface area contributed by atoms with Crippen LogP contribution in [0.15, 0.2) is 36.5 Å². The van der Waals surface area contributed by atoms with Crippen LogP contribution in [0.1, 0.15) is 48.9 Å². The minimum absolute atomic E-state index is 0.0129. The summed E-state index contributed by atoms with van der Waals surface area (Å²) in [6.07, 6.45) is 8.19. The van der Waals surface area contributed by atoms with E-state index in [2.05, 4.69) is 10.3 Å². The maximum Gasteiger partial charge on any atom is 0.166 e. The average Bonchev–Trinajstić information content (AvgIpc) is 2.55. The summed E-state index contributed by atoms with van der Waals surface area (Å²) < 4.78 is 0. The highest BCUT2D eigenvalue weighted by Crippen LogP contribution is 2.32. The van der Waals surface area contributed by atoms with Gasteiger partial charge in [0.25, 0.3) is 0 Å². The first-order valence-electron chi connectivity index (χ1n) is 7.79. The van der Waals surface area contributed by atoms with E-state index in [1.807, 2.05) is 37.4 Å². The number of nitrogens with one attached hydrogen (secondary N) is 1. The summed E-state index contributed by atoms with van der Waals surface area (Å²) >= 11 is 0. The Hall–Kier alpha value is -1.74. The number of Topliss-reactive ketones (excluding diaryl/α,β-unsaturated/α-hetero) is 1. The highest BCUT2D eigenvalue weighted by molar-refractivity contribution is 5.99. The van der Waals surface area contributed by atoms with Crippen molar-refractivity contribution in [1.82, 2.24) is 10.3 Å². The molecule has 0 radical (unpaired) electrons. The Morgan fingerprint density at radius 2 is 2.00 bits per heavy atom. The number of hydrogen-bond donors (Lipinski definition) is 1. The highest BCUT2D eigenvalue weighted by Gasteiger charge is 2.32. The largest absolute Gasteiger partial charge is 0.314 e. The van der Waals surface area contributed by atoms with Crippen molar-refractivity contribution >= 4 is 16.7 Å². The Kier molecular flexibility index (Phi) is 4.02. The van der Waals surface area contributed by atoms with Crippen LogP contribution in [0.2, 0.25) is 0 Å². The van der Waals surface area contributed by atoms with E-state index >= 15 is 0 Å². The van der Waals surface area contributed by atoms with Crippen LogP contribution in [-0.2, 0) is 0 Å². The number of benzene rings is 1. The van der Waals surface area contributed by atoms with Gasteiger partial charge in [0.15, 0.2) is 5.78 Å². The third-order valence-corrected chi connectivity index (χ3v) is 4.75. The molecule has 0 aliphatic heterocycles. The number of carbonyl (C=O) groups is 1. The smallest absolute Gasteiger partial charge is 0.166 e. The van der Waals surface area contributed by atoms with Gasteiger partial charge < -0.3 is 5.32 Å². The zero-order valence-corrected chi connectivity index (χ0v) is 12.6. The SMILES string of the molecule is CNC1(CC(=O)c2cnc3ccccc3c2)CCCCC1. The lowest BCUT2D eigenvalue weighted by Gasteiger charge is -2.36. The van der Waals surface area contributed by atoms with E-state index in [-0.39, 0.29) is 11.3 Å². The molecule has 3 nitrogen and oxygen atoms in total. The average molecular weight is 282 g/mol. The lowest BCUT2D eigenvalue weighted by Crippen LogP contribution is -2.46. The van der Waals surface area contributed by atoms with Gasteiger partial charge in [-0.25, -0.2) is 0 Å². The van der Waals surface area contributed by atoms with Gasteiger partial charge in [0.1, 0.15) is 0 Å². The number of carbonyl (C=O) groups excluding carboxylic acids is 1. The molecule has 3 heteroatoms. The van der Waals surface area contributed by atoms with E-state index in [4.69, 9.17) is 0 Å². The first-order valence-corrected chi connectivity index (χ1v) is 7.79. The molecule has 110 valence electrons. The number of fused-ring (bicyclic) bond motifs is 1. The zero-order valence-electron chi connectivity index (χ0n) is 12.6. The van der Waals surface area contributed by atoms with Crippen molar-refractivity contribution < 1.29 is 4.79 Å². The summed E-state index contributed by atoms with van der Waals surface area (Å²) in [6.45, 7) is 0. The second-order valence-electron chi connectivity index (χ2n) is 6.11. The number of nitrogens with zero attached hydrogens (tertiary/aromatic N) is 1. The summed E-state index contributed by atoms with van der Waals surface area (Å²) in [4.78, 5) is 17.0. The van der Waals surface area contributed by atoms with E-state index in [1.54, 1.807) is 6.20 Å². The zero-order chi connectivity index (χ0) is 14.7. The second-order valence-corrected chi connectivity index (χ2v) is 6.11. The van der Waals surface area contributed by atoms with Crippen LogP contribution in [-0.4, -0.2) is 23.4 Å². The van der Waals surface area contributed by atoms with Gasteiger partial charge >= 0.3 is 0 Å². The molecule has 1 aliphatic rings. The Morgan fingerprint density at radius 3 is 2.76 bits per heavy atom. The molecule has 1 heterocycles. The molecule has 0 saturated heterocycles. The molecule has 0 unspecified atom stereocenters. The number of rotatable bonds is 4. The number of hydrogen-bond acceptors (Lipinski definition) is 3. The lowest BCUT2D eigenvalue weighted by atomic mass is 9.77. The van der Waals surface area contributed by atoms with Crippen molar-refractivity contribution in [2.75, 3.05) is 7.05 Å². The predicted molar refractivity (Wildman–Crippen MR) is 85.6 cm³/mol. The molecule has 1 aromatic carbocycles. The van der Waals surface area contributed by atoms with Crippen molar-refractivity contribution in [2.24, 2.45) is 0 Å². The van der Waals surface area contributed by atoms with Crippen molar-refractivity contribution in [3.05, 3.63) is 42.1 Å². The Balaban J connectivity index is 1.82. The quantitative estimate of drug-likeness (QED) is 0.869. The van der Waals surface area contributed by atoms with Crippen molar-refractivity contribution in [3.8, 4) is 0 Å². The summed E-state index contributed by atoms with van der Waals surface area (Å²) in [5.41, 5.74) is 1.66. The summed E-state index contributed by atoms with van der Waals surface area (Å²) in [5.74, 6) is 0.199. The molecule has 21 heavy (non-hydrogen) atoms. The Bertz CT molecular complexity index is 644. The van der Waals surface area contributed by atoms with Gasteiger partial charge in [0.2, 0.25) is 0 Å². The monoisotopic (exact) mass is 282 g/mol. The molecule has 1 aliphatic carbocycles. The maximum absolute atomic E-state index is 12.6. The topological polar surface area (TPSA) is 42.0 Å². The summed E-state index contributed by atoms with van der Waals surface area (Å²) in [5, 5.41) is 4.45. The fraction of sp³-hybridized carbons (Fsp3) is 0.444. The molecule has 1 fully saturated rings. The van der Waals surface area contributed by atoms with Gasteiger partial charge in [0, 0.05) is 29.1 Å². The van der Waals surface area contributed by atoms with Crippen molar-refractivity contribution in [2.45, 2.75) is 44.1 Å². The van der Waals surface area contributed by atoms with Crippen LogP contribution in [0.5, 0.6) is 0 Å². The number of para-hydroxylation sites is 1. The van der Waals surface area contributed by atoms with E-state index < -0.39 is 0 Å². The van der Waals surface area contributed by atoms with E-state index in [0.29, 0.717) is 6.42 Å². The van der Waals surface area contributed by atoms with E-state index in [9.17, 15) is 4.79 Å². The molecule has 0 atom stereocenters. The molecule has 2 aromatic rings. The van der Waals surface area contributed by atoms with Crippen molar-refractivity contribution in [3.63, 3.8) is 0 Å². The molecule has 0 amide bonds. The first-order chi connectivity index (χ1) is 10.2. The molecule has 1 saturated carbocycles. The van der Waals surface area contributed by atoms with Crippen molar-refractivity contribution in [1.29, 1.82) is 0 Å². The van der Waals surface area contributed by atoms with Gasteiger partial charge in [-0.15, -0.1) is 0 Å². The highest BCUT2D eigenvalue weighted by atomic mass is 16.1. The predicted octanol–water partition coefficient (Wildman–Crippen LogP) is 3.73. The molecule has 3 rings (SSSR count). The summed E-state index contributed by atoms with van der Waals surface area (Å²) in [6, 6.07) is 9.90. The Labute approximate surface area is 125 Å². The second kappa shape index (κ2) is 5.94. The molecule has 1 N–H and O–H groups in total. The van der Waals surface area contributed by atoms with Gasteiger partial charge in [-0.3, -0.25) is 9.78 Å². The maximum atomic E-state index is 12.6. The minimum Gasteiger partial charge on any atom is -0.314 e. The summed E-state index contributed by atoms with van der Waals surface area (Å²) in [7, 11) is 1.98. The molecule has 0 bridgehead atoms. The van der Waals surface area contributed by atoms with Gasteiger partial charge in [-0.2, -0.15) is 0 Å². The molecule has 1 aromatic heterocycles. The van der Waals surface area contributed by atoms with Crippen LogP contribution in [0.25, 0.3) is 10.9 Å². The molecule has 0 spiro atoms. The van der Waals surface area contributed by atoms with Crippen LogP contribution in [0, 0.1) is 0 Å². The van der Waals surface area contributed by atoms with Crippen LogP contribution >= 0.6 is 0 Å².